The first-order chi connectivity index (χ1) is 9.08. The number of halogens is 2. The molecule has 1 atom stereocenters. The van der Waals surface area contributed by atoms with Crippen LogP contribution >= 0.6 is 23.2 Å². The Kier molecular flexibility index (Phi) is 5.34. The van der Waals surface area contributed by atoms with Gasteiger partial charge in [-0.05, 0) is 26.0 Å². The average molecular weight is 304 g/mol. The molecule has 0 radical (unpaired) electrons. The predicted molar refractivity (Wildman–Crippen MR) is 78.4 cm³/mol. The van der Waals surface area contributed by atoms with E-state index in [9.17, 15) is 0 Å². The van der Waals surface area contributed by atoms with E-state index in [1.807, 2.05) is 19.9 Å². The molecule has 19 heavy (non-hydrogen) atoms. The molecular weight excluding hydrogens is 285 g/mol. The molecule has 0 amide bonds. The fraction of sp³-hybridized carbons (Fsp3) is 0.571. The number of fused-ring (bicyclic) bond motifs is 1. The Morgan fingerprint density at radius 3 is 2.95 bits per heavy atom. The van der Waals surface area contributed by atoms with Crippen molar-refractivity contribution in [3.63, 3.8) is 0 Å². The maximum atomic E-state index is 6.15. The molecule has 3 nitrogen and oxygen atoms in total. The lowest BCUT2D eigenvalue weighted by atomic mass is 10.0. The molecule has 0 aliphatic carbocycles. The Bertz CT molecular complexity index is 438. The van der Waals surface area contributed by atoms with Gasteiger partial charge in [0.2, 0.25) is 0 Å². The lowest BCUT2D eigenvalue weighted by Gasteiger charge is -2.28. The summed E-state index contributed by atoms with van der Waals surface area (Å²) in [7, 11) is 0. The summed E-state index contributed by atoms with van der Waals surface area (Å²) in [6.45, 7) is 6.22. The Balaban J connectivity index is 2.01. The van der Waals surface area contributed by atoms with Crippen LogP contribution in [-0.4, -0.2) is 25.9 Å². The Morgan fingerprint density at radius 2 is 2.21 bits per heavy atom. The number of benzene rings is 1. The molecule has 0 saturated heterocycles. The number of hydrogen-bond acceptors (Lipinski definition) is 3. The second kappa shape index (κ2) is 6.80. The topological polar surface area (TPSA) is 30.5 Å². The molecule has 1 N–H and O–H groups in total. The van der Waals surface area contributed by atoms with Gasteiger partial charge in [0.15, 0.2) is 0 Å². The van der Waals surface area contributed by atoms with Crippen molar-refractivity contribution in [2.24, 2.45) is 0 Å². The molecule has 1 unspecified atom stereocenters. The lowest BCUT2D eigenvalue weighted by molar-refractivity contribution is 0.0782. The molecule has 0 bridgehead atoms. The maximum Gasteiger partial charge on any atom is 0.142 e. The maximum absolute atomic E-state index is 6.15. The van der Waals surface area contributed by atoms with Crippen LogP contribution in [0.15, 0.2) is 12.1 Å². The van der Waals surface area contributed by atoms with Crippen LogP contribution in [0, 0.1) is 0 Å². The highest BCUT2D eigenvalue weighted by atomic mass is 35.5. The third kappa shape index (κ3) is 3.99. The average Bonchev–Trinajstić information content (AvgIpc) is 2.34. The first-order valence-corrected chi connectivity index (χ1v) is 7.30. The normalized spacial score (nSPS) is 18.3. The molecule has 1 heterocycles. The van der Waals surface area contributed by atoms with Crippen molar-refractivity contribution in [2.75, 3.05) is 19.8 Å². The zero-order valence-corrected chi connectivity index (χ0v) is 12.7. The third-order valence-corrected chi connectivity index (χ3v) is 3.51. The van der Waals surface area contributed by atoms with Crippen LogP contribution in [0.4, 0.5) is 0 Å². The van der Waals surface area contributed by atoms with Crippen LogP contribution in [0.5, 0.6) is 5.75 Å². The summed E-state index contributed by atoms with van der Waals surface area (Å²) in [5.74, 6) is 0.750. The van der Waals surface area contributed by atoms with Crippen molar-refractivity contribution in [2.45, 2.75) is 32.4 Å². The fourth-order valence-corrected chi connectivity index (χ4v) is 2.73. The Labute approximate surface area is 124 Å². The van der Waals surface area contributed by atoms with Crippen LogP contribution in [0.2, 0.25) is 10.0 Å². The van der Waals surface area contributed by atoms with E-state index in [2.05, 4.69) is 5.32 Å². The SMILES string of the molecule is CC(C)OCCNC1CCOc2c(Cl)cc(Cl)cc21. The van der Waals surface area contributed by atoms with E-state index in [0.717, 1.165) is 24.3 Å². The van der Waals surface area contributed by atoms with E-state index < -0.39 is 0 Å². The number of ether oxygens (including phenoxy) is 2. The molecule has 1 aromatic carbocycles. The summed E-state index contributed by atoms with van der Waals surface area (Å²) in [5.41, 5.74) is 1.04. The largest absolute Gasteiger partial charge is 0.492 e. The van der Waals surface area contributed by atoms with Gasteiger partial charge in [-0.3, -0.25) is 0 Å². The van der Waals surface area contributed by atoms with E-state index in [4.69, 9.17) is 32.7 Å². The summed E-state index contributed by atoms with van der Waals surface area (Å²) in [5, 5.41) is 4.68. The van der Waals surface area contributed by atoms with Gasteiger partial charge in [0.05, 0.1) is 24.3 Å². The van der Waals surface area contributed by atoms with E-state index in [1.54, 1.807) is 6.07 Å². The molecule has 0 saturated carbocycles. The van der Waals surface area contributed by atoms with Gasteiger partial charge in [-0.25, -0.2) is 0 Å². The van der Waals surface area contributed by atoms with E-state index in [1.165, 1.54) is 0 Å². The van der Waals surface area contributed by atoms with Gasteiger partial charge in [0.1, 0.15) is 5.75 Å². The Hall–Kier alpha value is -0.480. The van der Waals surface area contributed by atoms with Gasteiger partial charge >= 0.3 is 0 Å². The van der Waals surface area contributed by atoms with Gasteiger partial charge < -0.3 is 14.8 Å². The second-order valence-corrected chi connectivity index (χ2v) is 5.71. The van der Waals surface area contributed by atoms with Crippen molar-refractivity contribution < 1.29 is 9.47 Å². The zero-order valence-electron chi connectivity index (χ0n) is 11.2. The molecule has 1 aliphatic rings. The molecule has 2 rings (SSSR count). The molecule has 5 heteroatoms. The zero-order chi connectivity index (χ0) is 13.8. The third-order valence-electron chi connectivity index (χ3n) is 3.01. The Morgan fingerprint density at radius 1 is 1.42 bits per heavy atom. The highest BCUT2D eigenvalue weighted by molar-refractivity contribution is 6.35. The fourth-order valence-electron chi connectivity index (χ4n) is 2.17. The molecule has 1 aromatic rings. The van der Waals surface area contributed by atoms with Crippen LogP contribution in [-0.2, 0) is 4.74 Å². The second-order valence-electron chi connectivity index (χ2n) is 4.87. The first kappa shape index (κ1) is 14.9. The highest BCUT2D eigenvalue weighted by Gasteiger charge is 2.23. The summed E-state index contributed by atoms with van der Waals surface area (Å²) < 4.78 is 11.1. The van der Waals surface area contributed by atoms with Crippen molar-refractivity contribution in [1.29, 1.82) is 0 Å². The quantitative estimate of drug-likeness (QED) is 0.839. The molecule has 106 valence electrons. The van der Waals surface area contributed by atoms with E-state index in [0.29, 0.717) is 23.3 Å². The van der Waals surface area contributed by atoms with Crippen LogP contribution in [0.3, 0.4) is 0 Å². The molecule has 0 fully saturated rings. The molecule has 1 aliphatic heterocycles. The smallest absolute Gasteiger partial charge is 0.142 e. The number of hydrogen-bond donors (Lipinski definition) is 1. The van der Waals surface area contributed by atoms with Crippen molar-refractivity contribution in [3.8, 4) is 5.75 Å². The molecular formula is C14H19Cl2NO2. The van der Waals surface area contributed by atoms with Gasteiger partial charge in [-0.1, -0.05) is 23.2 Å². The van der Waals surface area contributed by atoms with Gasteiger partial charge in [0, 0.05) is 29.6 Å². The minimum atomic E-state index is 0.218. The van der Waals surface area contributed by atoms with Crippen LogP contribution < -0.4 is 10.1 Å². The van der Waals surface area contributed by atoms with Gasteiger partial charge in [0.25, 0.3) is 0 Å². The minimum absolute atomic E-state index is 0.218. The van der Waals surface area contributed by atoms with E-state index >= 15 is 0 Å². The molecule has 0 spiro atoms. The molecule has 0 aromatic heterocycles. The van der Waals surface area contributed by atoms with Crippen molar-refractivity contribution in [1.82, 2.24) is 5.32 Å². The summed E-state index contributed by atoms with van der Waals surface area (Å²) in [6.07, 6.45) is 1.17. The standard InChI is InChI=1S/C14H19Cl2NO2/c1-9(2)18-6-4-17-13-3-5-19-14-11(13)7-10(15)8-12(14)16/h7-9,13,17H,3-6H2,1-2H3. The summed E-state index contributed by atoms with van der Waals surface area (Å²) in [4.78, 5) is 0. The van der Waals surface area contributed by atoms with Crippen molar-refractivity contribution in [3.05, 3.63) is 27.7 Å². The van der Waals surface area contributed by atoms with E-state index in [-0.39, 0.29) is 12.1 Å². The predicted octanol–water partition coefficient (Wildman–Crippen LogP) is 3.83. The van der Waals surface area contributed by atoms with Crippen LogP contribution in [0.1, 0.15) is 31.9 Å². The highest BCUT2D eigenvalue weighted by Crippen LogP contribution is 2.39. The first-order valence-electron chi connectivity index (χ1n) is 6.54. The monoisotopic (exact) mass is 303 g/mol. The van der Waals surface area contributed by atoms with Gasteiger partial charge in [-0.15, -0.1) is 0 Å². The lowest BCUT2D eigenvalue weighted by Crippen LogP contribution is -2.30. The van der Waals surface area contributed by atoms with Crippen molar-refractivity contribution >= 4 is 23.2 Å². The van der Waals surface area contributed by atoms with Crippen LogP contribution in [0.25, 0.3) is 0 Å². The number of nitrogens with one attached hydrogen (secondary N) is 1. The summed E-state index contributed by atoms with van der Waals surface area (Å²) >= 11 is 12.2. The minimum Gasteiger partial charge on any atom is -0.492 e. The summed E-state index contributed by atoms with van der Waals surface area (Å²) in [6, 6.07) is 3.85. The number of rotatable bonds is 5. The van der Waals surface area contributed by atoms with Gasteiger partial charge in [-0.2, -0.15) is 0 Å².